The van der Waals surface area contributed by atoms with E-state index >= 15 is 0 Å². The Labute approximate surface area is 63.0 Å². The summed E-state index contributed by atoms with van der Waals surface area (Å²) in [5.41, 5.74) is 4.62. The molecule has 11 heavy (non-hydrogen) atoms. The zero-order chi connectivity index (χ0) is 9.02. The summed E-state index contributed by atoms with van der Waals surface area (Å²) in [7, 11) is 0. The van der Waals surface area contributed by atoms with E-state index in [-0.39, 0.29) is 0 Å². The van der Waals surface area contributed by atoms with Crippen LogP contribution >= 0.6 is 0 Å². The first-order valence-corrected chi connectivity index (χ1v) is 2.90. The number of carbonyl (C=O) groups is 2. The Kier molecular flexibility index (Phi) is 3.32. The average Bonchev–Trinajstić information content (AvgIpc) is 1.81. The Morgan fingerprint density at radius 1 is 1.64 bits per heavy atom. The third-order valence-corrected chi connectivity index (χ3v) is 1.03. The number of rotatable bonds is 3. The number of nitrogens with two attached hydrogens (primary N) is 1. The Balaban J connectivity index is 4.12. The van der Waals surface area contributed by atoms with Crippen LogP contribution in [0.3, 0.4) is 0 Å². The van der Waals surface area contributed by atoms with Crippen molar-refractivity contribution in [3.63, 3.8) is 0 Å². The Hall–Kier alpha value is -1.30. The topological polar surface area (TPSA) is 115 Å². The first-order valence-electron chi connectivity index (χ1n) is 2.90. The van der Waals surface area contributed by atoms with Gasteiger partial charge < -0.3 is 26.1 Å². The van der Waals surface area contributed by atoms with E-state index in [2.05, 4.69) is 5.73 Å². The van der Waals surface area contributed by atoms with Crippen molar-refractivity contribution in [2.24, 2.45) is 5.73 Å². The van der Waals surface area contributed by atoms with Crippen molar-refractivity contribution in [1.82, 2.24) is 5.32 Å². The van der Waals surface area contributed by atoms with Crippen molar-refractivity contribution in [1.29, 1.82) is 0 Å². The second kappa shape index (κ2) is 3.77. The summed E-state index contributed by atoms with van der Waals surface area (Å²) in [5.74, 6) is -1.57. The molecule has 0 aromatic rings. The van der Waals surface area contributed by atoms with Crippen LogP contribution in [-0.4, -0.2) is 29.3 Å². The monoisotopic (exact) mass is 161 g/mol. The van der Waals surface area contributed by atoms with E-state index in [1.807, 2.05) is 0 Å². The maximum atomic E-state index is 10.1. The van der Waals surface area contributed by atoms with Crippen LogP contribution < -0.4 is 16.2 Å². The zero-order valence-corrected chi connectivity index (χ0v) is 5.90. The second-order valence-electron chi connectivity index (χ2n) is 2.05. The summed E-state index contributed by atoms with van der Waals surface area (Å²) in [6.45, 7) is 1.20. The maximum Gasteiger partial charge on any atom is 0.312 e. The van der Waals surface area contributed by atoms with E-state index in [9.17, 15) is 14.7 Å². The summed E-state index contributed by atoms with van der Waals surface area (Å²) in [6, 6.07) is -2.47. The maximum absolute atomic E-state index is 10.1. The molecule has 0 aromatic carbocycles. The molecule has 0 heterocycles. The zero-order valence-electron chi connectivity index (χ0n) is 5.90. The molecule has 0 bridgehead atoms. The van der Waals surface area contributed by atoms with E-state index < -0.39 is 24.1 Å². The fraction of sp³-hybridized carbons (Fsp3) is 0.600. The van der Waals surface area contributed by atoms with Gasteiger partial charge in [0.1, 0.15) is 0 Å². The highest BCUT2D eigenvalue weighted by atomic mass is 16.4. The fourth-order valence-corrected chi connectivity index (χ4v) is 0.530. The molecule has 64 valence electrons. The van der Waals surface area contributed by atoms with Crippen LogP contribution in [0.4, 0.5) is 4.79 Å². The van der Waals surface area contributed by atoms with Gasteiger partial charge >= 0.3 is 6.03 Å². The number of aliphatic carboxylic acids is 1. The number of hydrogen-bond acceptors (Lipinski definition) is 4. The Morgan fingerprint density at radius 3 is 2.18 bits per heavy atom. The van der Waals surface area contributed by atoms with Crippen molar-refractivity contribution < 1.29 is 19.8 Å². The SMILES string of the molecule is C[C@H](O)[C@H](NC(N)=O)C(=O)[O-]. The van der Waals surface area contributed by atoms with Crippen LogP contribution in [0.5, 0.6) is 0 Å². The average molecular weight is 161 g/mol. The van der Waals surface area contributed by atoms with E-state index in [0.717, 1.165) is 0 Å². The van der Waals surface area contributed by atoms with Crippen LogP contribution in [0.2, 0.25) is 0 Å². The standard InChI is InChI=1S/C5H10N2O4/c1-2(8)3(4(9)10)7-5(6)11/h2-3,8H,1H3,(H,9,10)(H3,6,7,11)/p-1/t2-,3-/m0/s1. The minimum Gasteiger partial charge on any atom is -0.548 e. The van der Waals surface area contributed by atoms with E-state index in [1.54, 1.807) is 5.32 Å². The summed E-state index contributed by atoms with van der Waals surface area (Å²) < 4.78 is 0. The van der Waals surface area contributed by atoms with Crippen molar-refractivity contribution in [2.75, 3.05) is 0 Å². The Morgan fingerprint density at radius 2 is 2.09 bits per heavy atom. The van der Waals surface area contributed by atoms with Crippen molar-refractivity contribution in [3.05, 3.63) is 0 Å². The molecule has 2 atom stereocenters. The number of aliphatic hydroxyl groups excluding tert-OH is 1. The molecule has 4 N–H and O–H groups in total. The van der Waals surface area contributed by atoms with Gasteiger partial charge in [0.05, 0.1) is 18.1 Å². The minimum absolute atomic E-state index is 1.01. The summed E-state index contributed by atoms with van der Waals surface area (Å²) >= 11 is 0. The molecule has 0 aliphatic heterocycles. The smallest absolute Gasteiger partial charge is 0.312 e. The van der Waals surface area contributed by atoms with E-state index in [1.165, 1.54) is 6.92 Å². The van der Waals surface area contributed by atoms with Crippen molar-refractivity contribution >= 4 is 12.0 Å². The minimum atomic E-state index is -1.57. The number of carboxylic acids is 1. The van der Waals surface area contributed by atoms with Crippen molar-refractivity contribution in [3.8, 4) is 0 Å². The third kappa shape index (κ3) is 3.41. The van der Waals surface area contributed by atoms with Gasteiger partial charge in [0, 0.05) is 0 Å². The van der Waals surface area contributed by atoms with Gasteiger partial charge in [-0.25, -0.2) is 4.79 Å². The molecule has 0 aliphatic rings. The highest BCUT2D eigenvalue weighted by Crippen LogP contribution is 1.89. The number of carbonyl (C=O) groups excluding carboxylic acids is 2. The first-order chi connectivity index (χ1) is 4.95. The van der Waals surface area contributed by atoms with Crippen LogP contribution in [-0.2, 0) is 4.79 Å². The first kappa shape index (κ1) is 9.70. The van der Waals surface area contributed by atoms with Crippen molar-refractivity contribution in [2.45, 2.75) is 19.1 Å². The molecule has 0 saturated heterocycles. The number of primary amides is 1. The molecule has 0 spiro atoms. The number of urea groups is 1. The summed E-state index contributed by atoms with van der Waals surface area (Å²) in [4.78, 5) is 20.3. The Bertz CT molecular complexity index is 168. The molecular weight excluding hydrogens is 152 g/mol. The lowest BCUT2D eigenvalue weighted by Crippen LogP contribution is -2.54. The molecule has 0 aromatic heterocycles. The van der Waals surface area contributed by atoms with Crippen LogP contribution in [0, 0.1) is 0 Å². The highest BCUT2D eigenvalue weighted by Gasteiger charge is 2.16. The molecular formula is C5H9N2O4-. The molecule has 0 aliphatic carbocycles. The molecule has 6 nitrogen and oxygen atoms in total. The molecule has 0 saturated carbocycles. The van der Waals surface area contributed by atoms with Gasteiger partial charge in [-0.2, -0.15) is 0 Å². The molecule has 6 heteroatoms. The lowest BCUT2D eigenvalue weighted by Gasteiger charge is -2.20. The number of nitrogens with one attached hydrogen (secondary N) is 1. The van der Waals surface area contributed by atoms with Crippen LogP contribution in [0.1, 0.15) is 6.92 Å². The number of aliphatic hydroxyl groups is 1. The summed E-state index contributed by atoms with van der Waals surface area (Å²) in [6.07, 6.45) is -1.23. The largest absolute Gasteiger partial charge is 0.548 e. The van der Waals surface area contributed by atoms with Crippen LogP contribution in [0.25, 0.3) is 0 Å². The quantitative estimate of drug-likeness (QED) is 0.413. The summed E-state index contributed by atoms with van der Waals surface area (Å²) in [5, 5.41) is 20.7. The van der Waals surface area contributed by atoms with Gasteiger partial charge in [0.25, 0.3) is 0 Å². The van der Waals surface area contributed by atoms with Gasteiger partial charge in [0.2, 0.25) is 0 Å². The number of carboxylic acid groups (broad SMARTS) is 1. The van der Waals surface area contributed by atoms with Gasteiger partial charge in [-0.05, 0) is 6.92 Å². The van der Waals surface area contributed by atoms with Gasteiger partial charge in [0.15, 0.2) is 0 Å². The van der Waals surface area contributed by atoms with Gasteiger partial charge in [-0.15, -0.1) is 0 Å². The molecule has 0 fully saturated rings. The molecule has 0 radical (unpaired) electrons. The second-order valence-corrected chi connectivity index (χ2v) is 2.05. The lowest BCUT2D eigenvalue weighted by atomic mass is 10.2. The predicted molar refractivity (Wildman–Crippen MR) is 33.2 cm³/mol. The molecule has 2 amide bonds. The molecule has 0 unspecified atom stereocenters. The van der Waals surface area contributed by atoms with Gasteiger partial charge in [-0.3, -0.25) is 0 Å². The predicted octanol–water partition coefficient (Wildman–Crippen LogP) is -2.85. The number of hydrogen-bond donors (Lipinski definition) is 3. The number of amides is 2. The van der Waals surface area contributed by atoms with Gasteiger partial charge in [-0.1, -0.05) is 0 Å². The normalized spacial score (nSPS) is 15.1. The fourth-order valence-electron chi connectivity index (χ4n) is 0.530. The van der Waals surface area contributed by atoms with E-state index in [4.69, 9.17) is 5.11 Å². The highest BCUT2D eigenvalue weighted by molar-refractivity contribution is 5.80. The lowest BCUT2D eigenvalue weighted by molar-refractivity contribution is -0.310. The molecule has 0 rings (SSSR count). The van der Waals surface area contributed by atoms with E-state index in [0.29, 0.717) is 0 Å². The van der Waals surface area contributed by atoms with Crippen LogP contribution in [0.15, 0.2) is 0 Å². The third-order valence-electron chi connectivity index (χ3n) is 1.03.